The molecular weight excluding hydrogens is 230 g/mol. The van der Waals surface area contributed by atoms with Gasteiger partial charge in [-0.1, -0.05) is 6.92 Å². The third-order valence-corrected chi connectivity index (χ3v) is 3.72. The van der Waals surface area contributed by atoms with Gasteiger partial charge in [0.05, 0.1) is 0 Å². The first kappa shape index (κ1) is 13.2. The molecule has 5 heteroatoms. The molecule has 1 aliphatic carbocycles. The van der Waals surface area contributed by atoms with E-state index in [9.17, 15) is 9.59 Å². The van der Waals surface area contributed by atoms with E-state index >= 15 is 0 Å². The molecule has 0 aromatic carbocycles. The van der Waals surface area contributed by atoms with Crippen molar-refractivity contribution >= 4 is 11.9 Å². The highest BCUT2D eigenvalue weighted by atomic mass is 16.2. The zero-order chi connectivity index (χ0) is 13.0. The fraction of sp³-hybridized carbons (Fsp3) is 0.846. The smallest absolute Gasteiger partial charge is 0.317 e. The molecular formula is C13H23N3O2. The van der Waals surface area contributed by atoms with Gasteiger partial charge in [-0.25, -0.2) is 4.79 Å². The van der Waals surface area contributed by atoms with Crippen LogP contribution < -0.4 is 10.6 Å². The van der Waals surface area contributed by atoms with Crippen LogP contribution in [0, 0.1) is 11.8 Å². The molecule has 2 aliphatic rings. The minimum absolute atomic E-state index is 0.00238. The van der Waals surface area contributed by atoms with Crippen LogP contribution >= 0.6 is 0 Å². The monoisotopic (exact) mass is 253 g/mol. The van der Waals surface area contributed by atoms with Crippen molar-refractivity contribution in [1.29, 1.82) is 0 Å². The number of urea groups is 1. The zero-order valence-electron chi connectivity index (χ0n) is 11.1. The second kappa shape index (κ2) is 6.07. The van der Waals surface area contributed by atoms with Gasteiger partial charge in [0, 0.05) is 32.1 Å². The molecule has 1 saturated carbocycles. The van der Waals surface area contributed by atoms with Crippen molar-refractivity contribution in [2.75, 3.05) is 26.2 Å². The summed E-state index contributed by atoms with van der Waals surface area (Å²) in [6.45, 7) is 4.97. The Hall–Kier alpha value is -1.26. The number of likely N-dealkylation sites (tertiary alicyclic amines) is 1. The molecule has 2 N–H and O–H groups in total. The van der Waals surface area contributed by atoms with Crippen molar-refractivity contribution in [3.05, 3.63) is 0 Å². The van der Waals surface area contributed by atoms with E-state index in [0.29, 0.717) is 13.1 Å². The fourth-order valence-electron chi connectivity index (χ4n) is 2.17. The summed E-state index contributed by atoms with van der Waals surface area (Å²) in [5, 5.41) is 5.69. The summed E-state index contributed by atoms with van der Waals surface area (Å²) in [7, 11) is 0. The molecule has 5 nitrogen and oxygen atoms in total. The Morgan fingerprint density at radius 2 is 1.67 bits per heavy atom. The number of carbonyl (C=O) groups excluding carboxylic acids is 2. The SMILES string of the molecule is CC1CCN(C(=O)NCCNC(=O)C2CC2)CC1. The number of rotatable bonds is 4. The van der Waals surface area contributed by atoms with Crippen LogP contribution in [0.25, 0.3) is 0 Å². The fourth-order valence-corrected chi connectivity index (χ4v) is 2.17. The van der Waals surface area contributed by atoms with Crippen molar-refractivity contribution in [2.24, 2.45) is 11.8 Å². The molecule has 0 unspecified atom stereocenters. The number of nitrogens with one attached hydrogen (secondary N) is 2. The van der Waals surface area contributed by atoms with Crippen molar-refractivity contribution in [2.45, 2.75) is 32.6 Å². The number of amides is 3. The molecule has 0 aromatic rings. The van der Waals surface area contributed by atoms with Gasteiger partial charge in [-0.15, -0.1) is 0 Å². The minimum Gasteiger partial charge on any atom is -0.354 e. The largest absolute Gasteiger partial charge is 0.354 e. The standard InChI is InChI=1S/C13H23N3O2/c1-10-4-8-16(9-5-10)13(18)15-7-6-14-12(17)11-2-3-11/h10-11H,2-9H2,1H3,(H,14,17)(H,15,18). The molecule has 18 heavy (non-hydrogen) atoms. The highest BCUT2D eigenvalue weighted by molar-refractivity contribution is 5.80. The van der Waals surface area contributed by atoms with E-state index in [1.54, 1.807) is 0 Å². The lowest BCUT2D eigenvalue weighted by atomic mass is 10.00. The Balaban J connectivity index is 1.55. The van der Waals surface area contributed by atoms with Crippen LogP contribution in [0.1, 0.15) is 32.6 Å². The van der Waals surface area contributed by atoms with E-state index in [-0.39, 0.29) is 17.9 Å². The van der Waals surface area contributed by atoms with Gasteiger partial charge >= 0.3 is 6.03 Å². The van der Waals surface area contributed by atoms with Crippen LogP contribution in [0.2, 0.25) is 0 Å². The summed E-state index contributed by atoms with van der Waals surface area (Å²) in [6, 6.07) is 0.00238. The summed E-state index contributed by atoms with van der Waals surface area (Å²) >= 11 is 0. The van der Waals surface area contributed by atoms with E-state index in [1.165, 1.54) is 0 Å². The Morgan fingerprint density at radius 1 is 1.06 bits per heavy atom. The van der Waals surface area contributed by atoms with Crippen molar-refractivity contribution in [3.8, 4) is 0 Å². The number of hydrogen-bond acceptors (Lipinski definition) is 2. The third-order valence-electron chi connectivity index (χ3n) is 3.72. The first-order valence-electron chi connectivity index (χ1n) is 6.97. The Morgan fingerprint density at radius 3 is 2.28 bits per heavy atom. The predicted octanol–water partition coefficient (Wildman–Crippen LogP) is 0.954. The molecule has 1 aliphatic heterocycles. The van der Waals surface area contributed by atoms with Crippen LogP contribution in [0.4, 0.5) is 4.79 Å². The third kappa shape index (κ3) is 3.89. The maximum absolute atomic E-state index is 11.8. The van der Waals surface area contributed by atoms with E-state index in [1.807, 2.05) is 4.90 Å². The van der Waals surface area contributed by atoms with E-state index in [0.717, 1.165) is 44.7 Å². The molecule has 102 valence electrons. The van der Waals surface area contributed by atoms with Gasteiger partial charge < -0.3 is 15.5 Å². The maximum Gasteiger partial charge on any atom is 0.317 e. The summed E-state index contributed by atoms with van der Waals surface area (Å²) < 4.78 is 0. The van der Waals surface area contributed by atoms with Crippen LogP contribution in [0.3, 0.4) is 0 Å². The number of carbonyl (C=O) groups is 2. The maximum atomic E-state index is 11.8. The minimum atomic E-state index is 0.00238. The number of hydrogen-bond donors (Lipinski definition) is 2. The highest BCUT2D eigenvalue weighted by Crippen LogP contribution is 2.28. The molecule has 0 spiro atoms. The quantitative estimate of drug-likeness (QED) is 0.733. The normalized spacial score (nSPS) is 20.6. The van der Waals surface area contributed by atoms with Crippen LogP contribution in [0.5, 0.6) is 0 Å². The van der Waals surface area contributed by atoms with Gasteiger partial charge in [-0.2, -0.15) is 0 Å². The Bertz CT molecular complexity index is 307. The van der Waals surface area contributed by atoms with Crippen molar-refractivity contribution < 1.29 is 9.59 Å². The van der Waals surface area contributed by atoms with Gasteiger partial charge in [0.2, 0.25) is 5.91 Å². The molecule has 2 rings (SSSR count). The Kier molecular flexibility index (Phi) is 4.44. The summed E-state index contributed by atoms with van der Waals surface area (Å²) in [6.07, 6.45) is 4.21. The van der Waals surface area contributed by atoms with E-state index in [4.69, 9.17) is 0 Å². The van der Waals surface area contributed by atoms with Crippen molar-refractivity contribution in [1.82, 2.24) is 15.5 Å². The summed E-state index contributed by atoms with van der Waals surface area (Å²) in [5.41, 5.74) is 0. The molecule has 1 heterocycles. The lowest BCUT2D eigenvalue weighted by molar-refractivity contribution is -0.122. The molecule has 1 saturated heterocycles. The summed E-state index contributed by atoms with van der Waals surface area (Å²) in [5.74, 6) is 1.10. The summed E-state index contributed by atoms with van der Waals surface area (Å²) in [4.78, 5) is 25.0. The molecule has 0 atom stereocenters. The first-order chi connectivity index (χ1) is 8.66. The zero-order valence-corrected chi connectivity index (χ0v) is 11.1. The van der Waals surface area contributed by atoms with Crippen LogP contribution in [-0.2, 0) is 4.79 Å². The second-order valence-corrected chi connectivity index (χ2v) is 5.47. The number of nitrogens with zero attached hydrogens (tertiary/aromatic N) is 1. The molecule has 0 aromatic heterocycles. The average molecular weight is 253 g/mol. The van der Waals surface area contributed by atoms with Crippen molar-refractivity contribution in [3.63, 3.8) is 0 Å². The second-order valence-electron chi connectivity index (χ2n) is 5.47. The lowest BCUT2D eigenvalue weighted by Crippen LogP contribution is -2.46. The van der Waals surface area contributed by atoms with Crippen LogP contribution in [-0.4, -0.2) is 43.0 Å². The molecule has 3 amide bonds. The molecule has 2 fully saturated rings. The lowest BCUT2D eigenvalue weighted by Gasteiger charge is -2.30. The van der Waals surface area contributed by atoms with E-state index in [2.05, 4.69) is 17.6 Å². The predicted molar refractivity (Wildman–Crippen MR) is 69.1 cm³/mol. The first-order valence-corrected chi connectivity index (χ1v) is 6.97. The van der Waals surface area contributed by atoms with Gasteiger partial charge in [0.1, 0.15) is 0 Å². The van der Waals surface area contributed by atoms with Gasteiger partial charge in [-0.3, -0.25) is 4.79 Å². The molecule has 0 radical (unpaired) electrons. The van der Waals surface area contributed by atoms with E-state index < -0.39 is 0 Å². The number of piperidine rings is 1. The van der Waals surface area contributed by atoms with Crippen LogP contribution in [0.15, 0.2) is 0 Å². The van der Waals surface area contributed by atoms with Gasteiger partial charge in [0.25, 0.3) is 0 Å². The topological polar surface area (TPSA) is 61.4 Å². The van der Waals surface area contributed by atoms with Gasteiger partial charge in [-0.05, 0) is 31.6 Å². The Labute approximate surface area is 108 Å². The van der Waals surface area contributed by atoms with Gasteiger partial charge in [0.15, 0.2) is 0 Å². The highest BCUT2D eigenvalue weighted by Gasteiger charge is 2.29. The molecule has 0 bridgehead atoms. The average Bonchev–Trinajstić information content (AvgIpc) is 3.19.